The number of carbonyl (C=O) groups is 1. The second kappa shape index (κ2) is 8.57. The molecule has 0 spiro atoms. The summed E-state index contributed by atoms with van der Waals surface area (Å²) in [6.07, 6.45) is 3.36. The van der Waals surface area contributed by atoms with E-state index < -0.39 is 0 Å². The molecule has 0 unspecified atom stereocenters. The minimum Gasteiger partial charge on any atom is -0.498 e. The van der Waals surface area contributed by atoms with E-state index in [1.807, 2.05) is 25.1 Å². The smallest absolute Gasteiger partial charge is 0.182 e. The highest BCUT2D eigenvalue weighted by atomic mass is 32.2. The quantitative estimate of drug-likeness (QED) is 0.346. The van der Waals surface area contributed by atoms with Gasteiger partial charge in [0.15, 0.2) is 5.78 Å². The maximum atomic E-state index is 12.6. The molecule has 0 saturated carbocycles. The molecule has 0 radical (unpaired) electrons. The minimum atomic E-state index is -0.187. The van der Waals surface area contributed by atoms with Crippen LogP contribution in [0, 0.1) is 10.8 Å². The van der Waals surface area contributed by atoms with Crippen LogP contribution in [0.1, 0.15) is 48.5 Å². The topological polar surface area (TPSA) is 26.3 Å². The zero-order chi connectivity index (χ0) is 18.4. The number of carbonyl (C=O) groups excluding carboxylic acids is 1. The van der Waals surface area contributed by atoms with Crippen LogP contribution in [0.25, 0.3) is 0 Å². The van der Waals surface area contributed by atoms with Crippen molar-refractivity contribution >= 4 is 17.5 Å². The highest BCUT2D eigenvalue weighted by molar-refractivity contribution is 8.03. The molecule has 0 aliphatic rings. The second-order valence-electron chi connectivity index (χ2n) is 7.77. The molecule has 1 aromatic rings. The van der Waals surface area contributed by atoms with Crippen molar-refractivity contribution in [1.82, 2.24) is 0 Å². The van der Waals surface area contributed by atoms with Gasteiger partial charge in [-0.1, -0.05) is 71.5 Å². The molecule has 1 rings (SSSR count). The molecular formula is C21H30O2S. The molecule has 132 valence electrons. The van der Waals surface area contributed by atoms with E-state index in [9.17, 15) is 4.79 Å². The third-order valence-corrected chi connectivity index (χ3v) is 4.75. The minimum absolute atomic E-state index is 0.0262. The summed E-state index contributed by atoms with van der Waals surface area (Å²) in [5, 5.41) is 0. The number of ketones is 1. The summed E-state index contributed by atoms with van der Waals surface area (Å²) in [5.74, 6) is 0.700. The van der Waals surface area contributed by atoms with Crippen LogP contribution in [0.3, 0.4) is 0 Å². The normalized spacial score (nSPS) is 13.8. The van der Waals surface area contributed by atoms with Crippen molar-refractivity contribution in [3.8, 4) is 0 Å². The molecule has 0 bridgehead atoms. The maximum Gasteiger partial charge on any atom is 0.182 e. The lowest BCUT2D eigenvalue weighted by Gasteiger charge is -2.23. The highest BCUT2D eigenvalue weighted by Gasteiger charge is 2.22. The maximum absolute atomic E-state index is 12.6. The largest absolute Gasteiger partial charge is 0.498 e. The number of hydrogen-bond acceptors (Lipinski definition) is 3. The first-order valence-corrected chi connectivity index (χ1v) is 9.19. The van der Waals surface area contributed by atoms with Gasteiger partial charge in [0.25, 0.3) is 0 Å². The molecular weight excluding hydrogens is 316 g/mol. The van der Waals surface area contributed by atoms with E-state index in [0.717, 1.165) is 15.6 Å². The van der Waals surface area contributed by atoms with Crippen LogP contribution in [0.5, 0.6) is 0 Å². The molecule has 0 amide bonds. The molecule has 0 fully saturated rings. The summed E-state index contributed by atoms with van der Waals surface area (Å²) >= 11 is 1.64. The van der Waals surface area contributed by atoms with E-state index in [0.29, 0.717) is 6.61 Å². The van der Waals surface area contributed by atoms with Crippen LogP contribution >= 0.6 is 11.8 Å². The Hall–Kier alpha value is -1.48. The number of benzene rings is 1. The Bertz CT molecular complexity index is 599. The molecule has 0 saturated heterocycles. The molecule has 3 heteroatoms. The van der Waals surface area contributed by atoms with Crippen molar-refractivity contribution < 1.29 is 9.53 Å². The fourth-order valence-corrected chi connectivity index (χ4v) is 2.97. The summed E-state index contributed by atoms with van der Waals surface area (Å²) in [6.45, 7) is 15.0. The first-order valence-electron chi connectivity index (χ1n) is 8.38. The number of hydrogen-bond donors (Lipinski definition) is 0. The Morgan fingerprint density at radius 3 is 2.04 bits per heavy atom. The highest BCUT2D eigenvalue weighted by Crippen LogP contribution is 2.39. The van der Waals surface area contributed by atoms with Crippen LogP contribution in [-0.4, -0.2) is 12.4 Å². The third-order valence-electron chi connectivity index (χ3n) is 3.30. The Kier molecular flexibility index (Phi) is 7.34. The van der Waals surface area contributed by atoms with Gasteiger partial charge in [0.05, 0.1) is 6.61 Å². The van der Waals surface area contributed by atoms with Gasteiger partial charge < -0.3 is 4.74 Å². The molecule has 0 aliphatic heterocycles. The van der Waals surface area contributed by atoms with Crippen LogP contribution in [0.15, 0.2) is 58.0 Å². The van der Waals surface area contributed by atoms with Crippen molar-refractivity contribution in [3.63, 3.8) is 0 Å². The molecule has 0 aromatic heterocycles. The summed E-state index contributed by atoms with van der Waals surface area (Å²) in [4.78, 5) is 14.8. The number of thioether (sulfide) groups is 1. The van der Waals surface area contributed by atoms with Crippen molar-refractivity contribution in [3.05, 3.63) is 53.1 Å². The lowest BCUT2D eigenvalue weighted by Crippen LogP contribution is -2.14. The van der Waals surface area contributed by atoms with Crippen LogP contribution in [-0.2, 0) is 9.53 Å². The molecule has 0 heterocycles. The number of rotatable bonds is 6. The van der Waals surface area contributed by atoms with Gasteiger partial charge in [-0.15, -0.1) is 0 Å². The SMILES string of the molecule is CCO/C(=C/C(=O)/C=C(/Sc1ccccc1)C(C)(C)C)C(C)(C)C. The van der Waals surface area contributed by atoms with Gasteiger partial charge in [-0.3, -0.25) is 4.79 Å². The van der Waals surface area contributed by atoms with Gasteiger partial charge in [0, 0.05) is 16.4 Å². The molecule has 24 heavy (non-hydrogen) atoms. The monoisotopic (exact) mass is 346 g/mol. The molecule has 0 N–H and O–H groups in total. The van der Waals surface area contributed by atoms with Crippen molar-refractivity contribution in [2.24, 2.45) is 10.8 Å². The number of allylic oxidation sites excluding steroid dienone is 4. The van der Waals surface area contributed by atoms with Crippen LogP contribution < -0.4 is 0 Å². The summed E-state index contributed by atoms with van der Waals surface area (Å²) < 4.78 is 5.67. The molecule has 1 aromatic carbocycles. The average molecular weight is 347 g/mol. The predicted octanol–water partition coefficient (Wildman–Crippen LogP) is 6.24. The van der Waals surface area contributed by atoms with Crippen LogP contribution in [0.4, 0.5) is 0 Å². The van der Waals surface area contributed by atoms with E-state index in [2.05, 4.69) is 53.7 Å². The van der Waals surface area contributed by atoms with Crippen molar-refractivity contribution in [2.45, 2.75) is 53.4 Å². The van der Waals surface area contributed by atoms with E-state index in [1.54, 1.807) is 23.9 Å². The van der Waals surface area contributed by atoms with Gasteiger partial charge in [0.2, 0.25) is 0 Å². The number of ether oxygens (including phenoxy) is 1. The lowest BCUT2D eigenvalue weighted by atomic mass is 9.92. The fraction of sp³-hybridized carbons (Fsp3) is 0.476. The van der Waals surface area contributed by atoms with Gasteiger partial charge in [0.1, 0.15) is 5.76 Å². The average Bonchev–Trinajstić information content (AvgIpc) is 2.45. The van der Waals surface area contributed by atoms with Gasteiger partial charge >= 0.3 is 0 Å². The van der Waals surface area contributed by atoms with Crippen molar-refractivity contribution in [2.75, 3.05) is 6.61 Å². The van der Waals surface area contributed by atoms with Crippen molar-refractivity contribution in [1.29, 1.82) is 0 Å². The van der Waals surface area contributed by atoms with Crippen LogP contribution in [0.2, 0.25) is 0 Å². The summed E-state index contributed by atoms with van der Waals surface area (Å²) in [7, 11) is 0. The second-order valence-corrected chi connectivity index (χ2v) is 8.88. The first-order chi connectivity index (χ1) is 11.0. The molecule has 0 aliphatic carbocycles. The standard InChI is InChI=1S/C21H30O2S/c1-8-23-18(20(2,3)4)14-16(22)15-19(21(5,6)7)24-17-12-10-9-11-13-17/h9-15H,8H2,1-7H3/b18-14+,19-15+. The van der Waals surface area contributed by atoms with Gasteiger partial charge in [-0.2, -0.15) is 0 Å². The lowest BCUT2D eigenvalue weighted by molar-refractivity contribution is -0.110. The predicted molar refractivity (Wildman–Crippen MR) is 104 cm³/mol. The molecule has 2 nitrogen and oxygen atoms in total. The van der Waals surface area contributed by atoms with Gasteiger partial charge in [-0.25, -0.2) is 0 Å². The fourth-order valence-electron chi connectivity index (χ4n) is 1.94. The zero-order valence-electron chi connectivity index (χ0n) is 16.0. The van der Waals surface area contributed by atoms with E-state index in [-0.39, 0.29) is 16.6 Å². The van der Waals surface area contributed by atoms with E-state index in [1.165, 1.54) is 0 Å². The Labute approximate surface area is 151 Å². The summed E-state index contributed by atoms with van der Waals surface area (Å²) in [5.41, 5.74) is -0.286. The molecule has 0 atom stereocenters. The third kappa shape index (κ3) is 6.96. The van der Waals surface area contributed by atoms with Gasteiger partial charge in [-0.05, 0) is 35.5 Å². The van der Waals surface area contributed by atoms with E-state index >= 15 is 0 Å². The Morgan fingerprint density at radius 1 is 1.00 bits per heavy atom. The Balaban J connectivity index is 3.11. The van der Waals surface area contributed by atoms with E-state index in [4.69, 9.17) is 4.74 Å². The summed E-state index contributed by atoms with van der Waals surface area (Å²) in [6, 6.07) is 10.1. The first kappa shape index (κ1) is 20.6. The Morgan fingerprint density at radius 2 is 1.58 bits per heavy atom. The zero-order valence-corrected chi connectivity index (χ0v) is 16.8.